The Kier molecular flexibility index (Phi) is 6.35. The number of amides is 2. The van der Waals surface area contributed by atoms with E-state index >= 15 is 0 Å². The topological polar surface area (TPSA) is 58.6 Å². The Balaban J connectivity index is 1.57. The van der Waals surface area contributed by atoms with E-state index in [0.29, 0.717) is 30.2 Å². The summed E-state index contributed by atoms with van der Waals surface area (Å²) < 4.78 is 5.13. The van der Waals surface area contributed by atoms with Gasteiger partial charge in [-0.05, 0) is 42.7 Å². The Morgan fingerprint density at radius 1 is 1.19 bits per heavy atom. The molecule has 5 nitrogen and oxygen atoms in total. The standard InChI is InChI=1S/C21H23ClN2O3/c1-27-17-10-8-15(9-11-17)13-23-20(25)16-5-4-12-24(14-16)21(26)18-6-2-3-7-19(18)22/h2-3,6-11,16H,4-5,12-14H2,1H3,(H,23,25). The summed E-state index contributed by atoms with van der Waals surface area (Å²) in [6.07, 6.45) is 1.58. The Bertz CT molecular complexity index is 807. The smallest absolute Gasteiger partial charge is 0.255 e. The number of hydrogen-bond acceptors (Lipinski definition) is 3. The van der Waals surface area contributed by atoms with E-state index in [1.165, 1.54) is 0 Å². The van der Waals surface area contributed by atoms with Crippen LogP contribution in [0.4, 0.5) is 0 Å². The van der Waals surface area contributed by atoms with Crippen molar-refractivity contribution in [3.8, 4) is 5.75 Å². The molecule has 27 heavy (non-hydrogen) atoms. The monoisotopic (exact) mass is 386 g/mol. The summed E-state index contributed by atoms with van der Waals surface area (Å²) >= 11 is 6.14. The zero-order chi connectivity index (χ0) is 19.2. The second-order valence-corrected chi connectivity index (χ2v) is 7.04. The van der Waals surface area contributed by atoms with Crippen LogP contribution in [0.15, 0.2) is 48.5 Å². The van der Waals surface area contributed by atoms with Gasteiger partial charge in [0.15, 0.2) is 0 Å². The van der Waals surface area contributed by atoms with Gasteiger partial charge in [0.25, 0.3) is 5.91 Å². The highest BCUT2D eigenvalue weighted by molar-refractivity contribution is 6.33. The van der Waals surface area contributed by atoms with Crippen molar-refractivity contribution in [1.29, 1.82) is 0 Å². The van der Waals surface area contributed by atoms with Gasteiger partial charge in [-0.25, -0.2) is 0 Å². The lowest BCUT2D eigenvalue weighted by atomic mass is 9.96. The van der Waals surface area contributed by atoms with Crippen molar-refractivity contribution < 1.29 is 14.3 Å². The molecule has 1 unspecified atom stereocenters. The SMILES string of the molecule is COc1ccc(CNC(=O)C2CCCN(C(=O)c3ccccc3Cl)C2)cc1. The van der Waals surface area contributed by atoms with Gasteiger partial charge in [-0.1, -0.05) is 35.9 Å². The number of carbonyl (C=O) groups excluding carboxylic acids is 2. The van der Waals surface area contributed by atoms with Crippen LogP contribution in [0.1, 0.15) is 28.8 Å². The van der Waals surface area contributed by atoms with Gasteiger partial charge in [-0.15, -0.1) is 0 Å². The molecule has 2 aromatic rings. The predicted molar refractivity (Wildman–Crippen MR) is 105 cm³/mol. The third-order valence-corrected chi connectivity index (χ3v) is 5.14. The molecule has 0 aromatic heterocycles. The molecule has 6 heteroatoms. The van der Waals surface area contributed by atoms with E-state index in [1.807, 2.05) is 24.3 Å². The molecule has 1 fully saturated rings. The molecule has 3 rings (SSSR count). The number of nitrogens with one attached hydrogen (secondary N) is 1. The van der Waals surface area contributed by atoms with E-state index in [4.69, 9.17) is 16.3 Å². The van der Waals surface area contributed by atoms with Crippen molar-refractivity contribution in [3.05, 3.63) is 64.7 Å². The zero-order valence-electron chi connectivity index (χ0n) is 15.3. The average Bonchev–Trinajstić information content (AvgIpc) is 2.72. The van der Waals surface area contributed by atoms with E-state index in [-0.39, 0.29) is 17.7 Å². The minimum absolute atomic E-state index is 0.0255. The van der Waals surface area contributed by atoms with Gasteiger partial charge in [-0.3, -0.25) is 9.59 Å². The largest absolute Gasteiger partial charge is 0.497 e. The van der Waals surface area contributed by atoms with Crippen LogP contribution in [-0.2, 0) is 11.3 Å². The number of benzene rings is 2. The lowest BCUT2D eigenvalue weighted by molar-refractivity contribution is -0.126. The Hall–Kier alpha value is -2.53. The van der Waals surface area contributed by atoms with Gasteiger partial charge in [-0.2, -0.15) is 0 Å². The third-order valence-electron chi connectivity index (χ3n) is 4.81. The van der Waals surface area contributed by atoms with E-state index in [1.54, 1.807) is 36.3 Å². The van der Waals surface area contributed by atoms with Gasteiger partial charge < -0.3 is 15.0 Å². The molecule has 1 N–H and O–H groups in total. The minimum atomic E-state index is -0.205. The molecular formula is C21H23ClN2O3. The van der Waals surface area contributed by atoms with Crippen molar-refractivity contribution in [2.45, 2.75) is 19.4 Å². The summed E-state index contributed by atoms with van der Waals surface area (Å²) in [5.41, 5.74) is 1.49. The molecule has 1 aliphatic heterocycles. The fraction of sp³-hybridized carbons (Fsp3) is 0.333. The quantitative estimate of drug-likeness (QED) is 0.855. The van der Waals surface area contributed by atoms with Gasteiger partial charge in [0, 0.05) is 19.6 Å². The summed E-state index contributed by atoms with van der Waals surface area (Å²) in [5, 5.41) is 3.41. The third kappa shape index (κ3) is 4.80. The maximum Gasteiger partial charge on any atom is 0.255 e. The minimum Gasteiger partial charge on any atom is -0.497 e. The highest BCUT2D eigenvalue weighted by atomic mass is 35.5. The van der Waals surface area contributed by atoms with Crippen LogP contribution in [0.25, 0.3) is 0 Å². The lowest BCUT2D eigenvalue weighted by Crippen LogP contribution is -2.45. The first-order valence-electron chi connectivity index (χ1n) is 9.03. The second kappa shape index (κ2) is 8.91. The van der Waals surface area contributed by atoms with E-state index in [2.05, 4.69) is 5.32 Å². The number of ether oxygens (including phenoxy) is 1. The maximum atomic E-state index is 12.7. The zero-order valence-corrected chi connectivity index (χ0v) is 16.0. The number of piperidine rings is 1. The molecule has 0 spiro atoms. The predicted octanol–water partition coefficient (Wildman–Crippen LogP) is 3.52. The average molecular weight is 387 g/mol. The van der Waals surface area contributed by atoms with Gasteiger partial charge >= 0.3 is 0 Å². The molecule has 0 saturated carbocycles. The molecule has 0 aliphatic carbocycles. The van der Waals surface area contributed by atoms with Crippen molar-refractivity contribution in [2.75, 3.05) is 20.2 Å². The first-order valence-corrected chi connectivity index (χ1v) is 9.40. The summed E-state index contributed by atoms with van der Waals surface area (Å²) in [4.78, 5) is 27.0. The van der Waals surface area contributed by atoms with Gasteiger partial charge in [0.1, 0.15) is 5.75 Å². The van der Waals surface area contributed by atoms with Crippen LogP contribution in [0.5, 0.6) is 5.75 Å². The number of rotatable bonds is 5. The highest BCUT2D eigenvalue weighted by Gasteiger charge is 2.29. The van der Waals surface area contributed by atoms with E-state index in [9.17, 15) is 9.59 Å². The molecular weight excluding hydrogens is 364 g/mol. The van der Waals surface area contributed by atoms with Gasteiger partial charge in [0.05, 0.1) is 23.6 Å². The molecule has 2 amide bonds. The Morgan fingerprint density at radius 2 is 1.93 bits per heavy atom. The van der Waals surface area contributed by atoms with Crippen molar-refractivity contribution >= 4 is 23.4 Å². The van der Waals surface area contributed by atoms with E-state index in [0.717, 1.165) is 24.2 Å². The number of likely N-dealkylation sites (tertiary alicyclic amines) is 1. The van der Waals surface area contributed by atoms with Gasteiger partial charge in [0.2, 0.25) is 5.91 Å². The molecule has 1 aliphatic rings. The first kappa shape index (κ1) is 19.2. The fourth-order valence-corrected chi connectivity index (χ4v) is 3.47. The highest BCUT2D eigenvalue weighted by Crippen LogP contribution is 2.22. The van der Waals surface area contributed by atoms with Crippen LogP contribution >= 0.6 is 11.6 Å². The number of methoxy groups -OCH3 is 1. The first-order chi connectivity index (χ1) is 13.1. The fourth-order valence-electron chi connectivity index (χ4n) is 3.26. The lowest BCUT2D eigenvalue weighted by Gasteiger charge is -2.32. The van der Waals surface area contributed by atoms with Crippen LogP contribution in [0.3, 0.4) is 0 Å². The molecule has 1 atom stereocenters. The molecule has 0 radical (unpaired) electrons. The molecule has 1 heterocycles. The van der Waals surface area contributed by atoms with E-state index < -0.39 is 0 Å². The Labute approximate surface area is 164 Å². The molecule has 0 bridgehead atoms. The van der Waals surface area contributed by atoms with Crippen molar-refractivity contribution in [2.24, 2.45) is 5.92 Å². The molecule has 1 saturated heterocycles. The number of halogens is 1. The summed E-state index contributed by atoms with van der Waals surface area (Å²) in [6, 6.07) is 14.6. The van der Waals surface area contributed by atoms with Crippen molar-refractivity contribution in [1.82, 2.24) is 10.2 Å². The van der Waals surface area contributed by atoms with Crippen LogP contribution in [0, 0.1) is 5.92 Å². The summed E-state index contributed by atoms with van der Waals surface area (Å²) in [5.74, 6) is 0.435. The van der Waals surface area contributed by atoms with Crippen LogP contribution < -0.4 is 10.1 Å². The number of nitrogens with zero attached hydrogens (tertiary/aromatic N) is 1. The summed E-state index contributed by atoms with van der Waals surface area (Å²) in [7, 11) is 1.62. The van der Waals surface area contributed by atoms with Crippen LogP contribution in [-0.4, -0.2) is 36.9 Å². The van der Waals surface area contributed by atoms with Crippen LogP contribution in [0.2, 0.25) is 5.02 Å². The van der Waals surface area contributed by atoms with Crippen molar-refractivity contribution in [3.63, 3.8) is 0 Å². The Morgan fingerprint density at radius 3 is 2.63 bits per heavy atom. The summed E-state index contributed by atoms with van der Waals surface area (Å²) in [6.45, 7) is 1.52. The second-order valence-electron chi connectivity index (χ2n) is 6.64. The normalized spacial score (nSPS) is 16.7. The number of hydrogen-bond donors (Lipinski definition) is 1. The maximum absolute atomic E-state index is 12.7. The molecule has 142 valence electrons. The molecule has 2 aromatic carbocycles. The number of carbonyl (C=O) groups is 2.